The van der Waals surface area contributed by atoms with Crippen molar-refractivity contribution in [1.29, 1.82) is 0 Å². The topological polar surface area (TPSA) is 121 Å². The van der Waals surface area contributed by atoms with Crippen molar-refractivity contribution < 1.29 is 19.7 Å². The van der Waals surface area contributed by atoms with E-state index in [9.17, 15) is 10.2 Å². The molecule has 1 rings (SSSR count). The number of ether oxygens (including phenoxy) is 2. The number of rotatable bonds is 7. The summed E-state index contributed by atoms with van der Waals surface area (Å²) >= 11 is 0. The van der Waals surface area contributed by atoms with Crippen molar-refractivity contribution in [3.63, 3.8) is 0 Å². The van der Waals surface area contributed by atoms with Crippen LogP contribution in [0.25, 0.3) is 10.4 Å². The molecule has 19 heavy (non-hydrogen) atoms. The van der Waals surface area contributed by atoms with Crippen molar-refractivity contribution in [1.82, 2.24) is 4.98 Å². The lowest BCUT2D eigenvalue weighted by atomic mass is 10.0. The summed E-state index contributed by atoms with van der Waals surface area (Å²) in [5.41, 5.74) is 8.49. The molecule has 2 unspecified atom stereocenters. The van der Waals surface area contributed by atoms with Crippen LogP contribution in [0.1, 0.15) is 18.1 Å². The fourth-order valence-electron chi connectivity index (χ4n) is 1.54. The average Bonchev–Trinajstić information content (AvgIpc) is 2.45. The Morgan fingerprint density at radius 2 is 2.11 bits per heavy atom. The van der Waals surface area contributed by atoms with Crippen LogP contribution in [-0.4, -0.2) is 42.1 Å². The van der Waals surface area contributed by atoms with E-state index in [0.29, 0.717) is 11.4 Å². The molecule has 0 saturated heterocycles. The molecule has 0 aliphatic rings. The normalized spacial score (nSPS) is 13.3. The Kier molecular flexibility index (Phi) is 5.87. The maximum absolute atomic E-state index is 10.0. The number of azide groups is 1. The Balaban J connectivity index is 2.85. The molecule has 0 aliphatic carbocycles. The third-order valence-electron chi connectivity index (χ3n) is 2.54. The largest absolute Gasteiger partial charge is 0.481 e. The highest BCUT2D eigenvalue weighted by molar-refractivity contribution is 5.33. The molecule has 8 nitrogen and oxygen atoms in total. The molecule has 1 aromatic rings. The van der Waals surface area contributed by atoms with Gasteiger partial charge in [-0.2, -0.15) is 4.98 Å². The first-order valence-corrected chi connectivity index (χ1v) is 5.60. The zero-order valence-corrected chi connectivity index (χ0v) is 10.7. The minimum absolute atomic E-state index is 0.0978. The van der Waals surface area contributed by atoms with Crippen molar-refractivity contribution in [3.8, 4) is 11.8 Å². The van der Waals surface area contributed by atoms with E-state index in [2.05, 4.69) is 15.0 Å². The molecule has 0 radical (unpaired) electrons. The molecule has 2 atom stereocenters. The molecule has 104 valence electrons. The molecular weight excluding hydrogens is 252 g/mol. The molecular formula is C11H16N4O4. The van der Waals surface area contributed by atoms with Gasteiger partial charge in [-0.1, -0.05) is 5.11 Å². The van der Waals surface area contributed by atoms with Gasteiger partial charge in [0.05, 0.1) is 20.3 Å². The van der Waals surface area contributed by atoms with Gasteiger partial charge in [0.1, 0.15) is 6.10 Å². The number of methoxy groups -OCH3 is 2. The van der Waals surface area contributed by atoms with Crippen LogP contribution in [0.2, 0.25) is 0 Å². The minimum Gasteiger partial charge on any atom is -0.481 e. The van der Waals surface area contributed by atoms with Gasteiger partial charge in [0.15, 0.2) is 0 Å². The first-order valence-electron chi connectivity index (χ1n) is 5.60. The van der Waals surface area contributed by atoms with Crippen LogP contribution >= 0.6 is 0 Å². The van der Waals surface area contributed by atoms with Gasteiger partial charge in [0, 0.05) is 23.1 Å². The van der Waals surface area contributed by atoms with E-state index in [-0.39, 0.29) is 18.8 Å². The molecule has 8 heteroatoms. The third kappa shape index (κ3) is 3.99. The number of aliphatic hydroxyl groups excluding tert-OH is 2. The molecule has 2 N–H and O–H groups in total. The lowest BCUT2D eigenvalue weighted by Gasteiger charge is -2.19. The van der Waals surface area contributed by atoms with E-state index in [1.54, 1.807) is 12.1 Å². The molecule has 0 spiro atoms. The standard InChI is InChI=1S/C11H16N4O4/c1-18-9-4-3-7(11(14-9)19-2)10(17)8(16)5-6-13-15-12/h3-4,8,10,16-17H,5-6H2,1-2H3. The van der Waals surface area contributed by atoms with Crippen LogP contribution in [0, 0.1) is 0 Å². The van der Waals surface area contributed by atoms with Crippen molar-refractivity contribution in [2.45, 2.75) is 18.6 Å². The molecule has 0 fully saturated rings. The first kappa shape index (κ1) is 15.0. The quantitative estimate of drug-likeness (QED) is 0.437. The van der Waals surface area contributed by atoms with Gasteiger partial charge >= 0.3 is 0 Å². The van der Waals surface area contributed by atoms with Crippen LogP contribution in [-0.2, 0) is 0 Å². The van der Waals surface area contributed by atoms with Gasteiger partial charge in [0.25, 0.3) is 0 Å². The van der Waals surface area contributed by atoms with Crippen molar-refractivity contribution in [2.24, 2.45) is 5.11 Å². The Morgan fingerprint density at radius 3 is 2.68 bits per heavy atom. The van der Waals surface area contributed by atoms with Crippen molar-refractivity contribution in [3.05, 3.63) is 28.1 Å². The second-order valence-corrected chi connectivity index (χ2v) is 3.71. The van der Waals surface area contributed by atoms with Crippen LogP contribution in [0.3, 0.4) is 0 Å². The monoisotopic (exact) mass is 268 g/mol. The van der Waals surface area contributed by atoms with Crippen LogP contribution in [0.5, 0.6) is 11.8 Å². The maximum Gasteiger partial charge on any atom is 0.222 e. The van der Waals surface area contributed by atoms with Gasteiger partial charge in [-0.05, 0) is 18.0 Å². The highest BCUT2D eigenvalue weighted by atomic mass is 16.5. The predicted molar refractivity (Wildman–Crippen MR) is 66.9 cm³/mol. The fraction of sp³-hybridized carbons (Fsp3) is 0.545. The third-order valence-corrected chi connectivity index (χ3v) is 2.54. The van der Waals surface area contributed by atoms with Gasteiger partial charge in [-0.3, -0.25) is 0 Å². The summed E-state index contributed by atoms with van der Waals surface area (Å²) in [6.45, 7) is 0.0978. The van der Waals surface area contributed by atoms with E-state index in [4.69, 9.17) is 15.0 Å². The van der Waals surface area contributed by atoms with E-state index >= 15 is 0 Å². The second kappa shape index (κ2) is 7.42. The zero-order chi connectivity index (χ0) is 14.3. The second-order valence-electron chi connectivity index (χ2n) is 3.71. The lowest BCUT2D eigenvalue weighted by Crippen LogP contribution is -2.20. The number of aliphatic hydroxyl groups is 2. The molecule has 0 bridgehead atoms. The summed E-state index contributed by atoms with van der Waals surface area (Å²) < 4.78 is 9.98. The van der Waals surface area contributed by atoms with E-state index in [1.807, 2.05) is 0 Å². The number of nitrogens with zero attached hydrogens (tertiary/aromatic N) is 4. The van der Waals surface area contributed by atoms with E-state index < -0.39 is 12.2 Å². The smallest absolute Gasteiger partial charge is 0.222 e. The first-order chi connectivity index (χ1) is 9.13. The zero-order valence-electron chi connectivity index (χ0n) is 10.7. The Labute approximate surface area is 110 Å². The average molecular weight is 268 g/mol. The Morgan fingerprint density at radius 1 is 1.37 bits per heavy atom. The molecule has 0 aromatic carbocycles. The number of pyridine rings is 1. The summed E-state index contributed by atoms with van der Waals surface area (Å²) in [5, 5.41) is 23.1. The summed E-state index contributed by atoms with van der Waals surface area (Å²) in [7, 11) is 2.87. The van der Waals surface area contributed by atoms with Crippen molar-refractivity contribution >= 4 is 0 Å². The SMILES string of the molecule is COc1ccc(C(O)C(O)CCN=[N+]=[N-])c(OC)n1. The summed E-state index contributed by atoms with van der Waals surface area (Å²) in [4.78, 5) is 6.59. The van der Waals surface area contributed by atoms with Gasteiger partial charge in [0.2, 0.25) is 11.8 Å². The summed E-state index contributed by atoms with van der Waals surface area (Å²) in [5.74, 6) is 0.519. The Bertz CT molecular complexity index is 462. The van der Waals surface area contributed by atoms with Gasteiger partial charge < -0.3 is 19.7 Å². The number of hydrogen-bond donors (Lipinski definition) is 2. The summed E-state index contributed by atoms with van der Waals surface area (Å²) in [6, 6.07) is 3.12. The molecule has 1 heterocycles. The van der Waals surface area contributed by atoms with Gasteiger partial charge in [-0.25, -0.2) is 0 Å². The number of hydrogen-bond acceptors (Lipinski definition) is 6. The molecule has 0 amide bonds. The number of aromatic nitrogens is 1. The van der Waals surface area contributed by atoms with Crippen molar-refractivity contribution in [2.75, 3.05) is 20.8 Å². The van der Waals surface area contributed by atoms with E-state index in [0.717, 1.165) is 0 Å². The summed E-state index contributed by atoms with van der Waals surface area (Å²) in [6.07, 6.45) is -2.11. The maximum atomic E-state index is 10.0. The highest BCUT2D eigenvalue weighted by Gasteiger charge is 2.22. The lowest BCUT2D eigenvalue weighted by molar-refractivity contribution is 0.0133. The fourth-order valence-corrected chi connectivity index (χ4v) is 1.54. The molecule has 0 saturated carbocycles. The Hall–Kier alpha value is -2.02. The molecule has 1 aromatic heterocycles. The highest BCUT2D eigenvalue weighted by Crippen LogP contribution is 2.28. The predicted octanol–water partition coefficient (Wildman–Crippen LogP) is 1.19. The van der Waals surface area contributed by atoms with Crippen LogP contribution in [0.15, 0.2) is 17.2 Å². The molecule has 0 aliphatic heterocycles. The van der Waals surface area contributed by atoms with Gasteiger partial charge in [-0.15, -0.1) is 0 Å². The van der Waals surface area contributed by atoms with Crippen LogP contribution < -0.4 is 9.47 Å². The van der Waals surface area contributed by atoms with E-state index in [1.165, 1.54) is 14.2 Å². The van der Waals surface area contributed by atoms with Crippen LogP contribution in [0.4, 0.5) is 0 Å². The minimum atomic E-state index is -1.18.